The standard InChI is InChI=1S/C16H21N3O4/c1-16(2,3)23-15(21)19-12(14(20)22-4)8-10-7-11-5-6-17-13(11)18-9-10/h5-7,9,12H,8H2,1-4H3,(H,17,18)(H,19,21)/t12-/m0/s1. The molecule has 1 atom stereocenters. The lowest BCUT2D eigenvalue weighted by Gasteiger charge is -2.22. The SMILES string of the molecule is COC(=O)[C@H](Cc1cnc2[nH]ccc2c1)NC(=O)OC(C)(C)C. The Bertz CT molecular complexity index is 703. The van der Waals surface area contributed by atoms with Crippen molar-refractivity contribution in [2.45, 2.75) is 38.8 Å². The zero-order chi connectivity index (χ0) is 17.0. The number of nitrogens with zero attached hydrogens (tertiary/aromatic N) is 1. The number of hydrogen-bond acceptors (Lipinski definition) is 5. The summed E-state index contributed by atoms with van der Waals surface area (Å²) < 4.78 is 9.93. The summed E-state index contributed by atoms with van der Waals surface area (Å²) in [6.07, 6.45) is 3.05. The van der Waals surface area contributed by atoms with Crippen LogP contribution in [0.5, 0.6) is 0 Å². The Morgan fingerprint density at radius 3 is 2.78 bits per heavy atom. The van der Waals surface area contributed by atoms with E-state index < -0.39 is 23.7 Å². The smallest absolute Gasteiger partial charge is 0.408 e. The predicted octanol–water partition coefficient (Wildman–Crippen LogP) is 2.17. The maximum absolute atomic E-state index is 11.9. The van der Waals surface area contributed by atoms with Crippen molar-refractivity contribution in [3.63, 3.8) is 0 Å². The average molecular weight is 319 g/mol. The molecule has 1 amide bonds. The van der Waals surface area contributed by atoms with Gasteiger partial charge in [0.25, 0.3) is 0 Å². The molecule has 7 nitrogen and oxygen atoms in total. The number of esters is 1. The highest BCUT2D eigenvalue weighted by atomic mass is 16.6. The number of pyridine rings is 1. The minimum atomic E-state index is -0.840. The zero-order valence-electron chi connectivity index (χ0n) is 13.7. The second-order valence-electron chi connectivity index (χ2n) is 6.19. The maximum atomic E-state index is 11.9. The topological polar surface area (TPSA) is 93.3 Å². The fourth-order valence-electron chi connectivity index (χ4n) is 2.12. The molecule has 2 aromatic rings. The summed E-state index contributed by atoms with van der Waals surface area (Å²) in [6.45, 7) is 5.26. The highest BCUT2D eigenvalue weighted by Gasteiger charge is 2.25. The minimum Gasteiger partial charge on any atom is -0.467 e. The van der Waals surface area contributed by atoms with Gasteiger partial charge in [-0.1, -0.05) is 0 Å². The number of ether oxygens (including phenoxy) is 2. The van der Waals surface area contributed by atoms with Gasteiger partial charge in [-0.25, -0.2) is 14.6 Å². The molecule has 2 aromatic heterocycles. The molecule has 7 heteroatoms. The minimum absolute atomic E-state index is 0.264. The third-order valence-corrected chi connectivity index (χ3v) is 3.07. The Kier molecular flexibility index (Phi) is 4.88. The lowest BCUT2D eigenvalue weighted by Crippen LogP contribution is -2.45. The van der Waals surface area contributed by atoms with Crippen LogP contribution in [0.25, 0.3) is 11.0 Å². The van der Waals surface area contributed by atoms with Gasteiger partial charge in [-0.05, 0) is 38.5 Å². The third-order valence-electron chi connectivity index (χ3n) is 3.07. The molecule has 2 heterocycles. The quantitative estimate of drug-likeness (QED) is 0.842. The Hall–Kier alpha value is -2.57. The number of alkyl carbamates (subject to hydrolysis) is 1. The molecule has 0 fully saturated rings. The molecule has 2 rings (SSSR count). The van der Waals surface area contributed by atoms with E-state index >= 15 is 0 Å². The van der Waals surface area contributed by atoms with Gasteiger partial charge in [-0.15, -0.1) is 0 Å². The third kappa shape index (κ3) is 4.70. The number of methoxy groups -OCH3 is 1. The molecular weight excluding hydrogens is 298 g/mol. The number of aromatic nitrogens is 2. The number of fused-ring (bicyclic) bond motifs is 1. The fraction of sp³-hybridized carbons (Fsp3) is 0.438. The van der Waals surface area contributed by atoms with Crippen molar-refractivity contribution in [3.05, 3.63) is 30.1 Å². The van der Waals surface area contributed by atoms with Crippen LogP contribution < -0.4 is 5.32 Å². The molecule has 124 valence electrons. The number of carbonyl (C=O) groups is 2. The Morgan fingerprint density at radius 1 is 1.39 bits per heavy atom. The first-order valence-corrected chi connectivity index (χ1v) is 7.28. The van der Waals surface area contributed by atoms with Gasteiger partial charge in [0, 0.05) is 24.2 Å². The zero-order valence-corrected chi connectivity index (χ0v) is 13.7. The molecule has 0 aliphatic rings. The van der Waals surface area contributed by atoms with Gasteiger partial charge in [0.2, 0.25) is 0 Å². The van der Waals surface area contributed by atoms with Gasteiger partial charge in [0.15, 0.2) is 0 Å². The van der Waals surface area contributed by atoms with Crippen molar-refractivity contribution in [1.82, 2.24) is 15.3 Å². The summed E-state index contributed by atoms with van der Waals surface area (Å²) in [5.74, 6) is -0.537. The van der Waals surface area contributed by atoms with Crippen LogP contribution in [0.3, 0.4) is 0 Å². The number of carbonyl (C=O) groups excluding carboxylic acids is 2. The maximum Gasteiger partial charge on any atom is 0.408 e. The van der Waals surface area contributed by atoms with Crippen LogP contribution in [-0.2, 0) is 20.7 Å². The molecular formula is C16H21N3O4. The molecule has 0 unspecified atom stereocenters. The van der Waals surface area contributed by atoms with Crippen molar-refractivity contribution >= 4 is 23.1 Å². The summed E-state index contributed by atoms with van der Waals surface area (Å²) in [7, 11) is 1.28. The van der Waals surface area contributed by atoms with Crippen molar-refractivity contribution in [2.75, 3.05) is 7.11 Å². The molecule has 0 saturated carbocycles. The van der Waals surface area contributed by atoms with E-state index in [9.17, 15) is 9.59 Å². The van der Waals surface area contributed by atoms with Crippen molar-refractivity contribution in [1.29, 1.82) is 0 Å². The van der Waals surface area contributed by atoms with Gasteiger partial charge >= 0.3 is 12.1 Å². The molecule has 0 aromatic carbocycles. The molecule has 0 saturated heterocycles. The van der Waals surface area contributed by atoms with Gasteiger partial charge in [-0.2, -0.15) is 0 Å². The van der Waals surface area contributed by atoms with E-state index in [1.165, 1.54) is 7.11 Å². The number of H-pyrrole nitrogens is 1. The van der Waals surface area contributed by atoms with E-state index in [1.807, 2.05) is 12.1 Å². The largest absolute Gasteiger partial charge is 0.467 e. The summed E-state index contributed by atoms with van der Waals surface area (Å²) in [5.41, 5.74) is 0.933. The van der Waals surface area contributed by atoms with Crippen LogP contribution in [0, 0.1) is 0 Å². The van der Waals surface area contributed by atoms with Crippen LogP contribution >= 0.6 is 0 Å². The summed E-state index contributed by atoms with van der Waals surface area (Å²) in [6, 6.07) is 2.96. The van der Waals surface area contributed by atoms with Crippen molar-refractivity contribution in [2.24, 2.45) is 0 Å². The first-order valence-electron chi connectivity index (χ1n) is 7.28. The molecule has 23 heavy (non-hydrogen) atoms. The van der Waals surface area contributed by atoms with E-state index in [0.717, 1.165) is 16.6 Å². The van der Waals surface area contributed by atoms with E-state index in [2.05, 4.69) is 15.3 Å². The summed E-state index contributed by atoms with van der Waals surface area (Å²) in [4.78, 5) is 31.1. The lowest BCUT2D eigenvalue weighted by atomic mass is 10.1. The van der Waals surface area contributed by atoms with Gasteiger partial charge in [-0.3, -0.25) is 0 Å². The van der Waals surface area contributed by atoms with E-state index in [-0.39, 0.29) is 6.42 Å². The lowest BCUT2D eigenvalue weighted by molar-refractivity contribution is -0.143. The van der Waals surface area contributed by atoms with Crippen LogP contribution in [0.1, 0.15) is 26.3 Å². The number of hydrogen-bond donors (Lipinski definition) is 2. The molecule has 0 aliphatic heterocycles. The van der Waals surface area contributed by atoms with Crippen molar-refractivity contribution < 1.29 is 19.1 Å². The van der Waals surface area contributed by atoms with Gasteiger partial charge in [0.05, 0.1) is 7.11 Å². The monoisotopic (exact) mass is 319 g/mol. The first kappa shape index (κ1) is 16.8. The highest BCUT2D eigenvalue weighted by molar-refractivity contribution is 5.82. The Morgan fingerprint density at radius 2 is 2.13 bits per heavy atom. The van der Waals surface area contributed by atoms with Crippen molar-refractivity contribution in [3.8, 4) is 0 Å². The van der Waals surface area contributed by atoms with Crippen LogP contribution in [0.15, 0.2) is 24.5 Å². The van der Waals surface area contributed by atoms with Gasteiger partial charge < -0.3 is 19.8 Å². The van der Waals surface area contributed by atoms with E-state index in [1.54, 1.807) is 33.2 Å². The highest BCUT2D eigenvalue weighted by Crippen LogP contribution is 2.14. The number of nitrogens with one attached hydrogen (secondary N) is 2. The predicted molar refractivity (Wildman–Crippen MR) is 85.0 cm³/mol. The number of rotatable bonds is 4. The summed E-state index contributed by atoms with van der Waals surface area (Å²) in [5, 5.41) is 3.48. The van der Waals surface area contributed by atoms with E-state index in [4.69, 9.17) is 9.47 Å². The normalized spacial score (nSPS) is 12.7. The molecule has 0 aliphatic carbocycles. The molecule has 0 bridgehead atoms. The average Bonchev–Trinajstić information content (AvgIpc) is 2.91. The Labute approximate surface area is 134 Å². The number of amides is 1. The van der Waals surface area contributed by atoms with Crippen LogP contribution in [-0.4, -0.2) is 40.8 Å². The van der Waals surface area contributed by atoms with Gasteiger partial charge in [0.1, 0.15) is 17.3 Å². The molecule has 0 radical (unpaired) electrons. The van der Waals surface area contributed by atoms with Crippen LogP contribution in [0.4, 0.5) is 4.79 Å². The fourth-order valence-corrected chi connectivity index (χ4v) is 2.12. The second-order valence-corrected chi connectivity index (χ2v) is 6.19. The van der Waals surface area contributed by atoms with Crippen LogP contribution in [0.2, 0.25) is 0 Å². The summed E-state index contributed by atoms with van der Waals surface area (Å²) >= 11 is 0. The first-order chi connectivity index (χ1) is 10.8. The molecule has 2 N–H and O–H groups in total. The second kappa shape index (κ2) is 6.68. The van der Waals surface area contributed by atoms with E-state index in [0.29, 0.717) is 0 Å². The Balaban J connectivity index is 2.11. The molecule has 0 spiro atoms. The number of aromatic amines is 1.